The first kappa shape index (κ1) is 13.1. The molecular formula is C6H9I2N3V. The van der Waals surface area contributed by atoms with Crippen molar-refractivity contribution in [1.82, 2.24) is 15.0 Å². The van der Waals surface area contributed by atoms with Gasteiger partial charge in [-0.3, -0.25) is 0 Å². The molecule has 0 radical (unpaired) electrons. The minimum absolute atomic E-state index is 0.628. The normalized spacial score (nSPS) is 8.42. The third-order valence-corrected chi connectivity index (χ3v) is 0.971. The first-order valence-corrected chi connectivity index (χ1v) is 12.2. The fourth-order valence-corrected chi connectivity index (χ4v) is 0.777. The molecule has 0 saturated carbocycles. The van der Waals surface area contributed by atoms with E-state index in [1.165, 1.54) is 0 Å². The van der Waals surface area contributed by atoms with Crippen molar-refractivity contribution < 1.29 is 9.47 Å². The van der Waals surface area contributed by atoms with Gasteiger partial charge in [0.2, 0.25) is 0 Å². The van der Waals surface area contributed by atoms with Gasteiger partial charge in [0.15, 0.2) is 0 Å². The number of aromatic nitrogens is 3. The van der Waals surface area contributed by atoms with Gasteiger partial charge >= 0.3 is 49.4 Å². The fourth-order valence-electron chi connectivity index (χ4n) is 0.777. The van der Waals surface area contributed by atoms with Crippen molar-refractivity contribution in [1.29, 1.82) is 0 Å². The van der Waals surface area contributed by atoms with Crippen LogP contribution in [0.2, 0.25) is 0 Å². The van der Waals surface area contributed by atoms with Crippen LogP contribution in [0, 0.1) is 20.8 Å². The molecule has 0 N–H and O–H groups in total. The maximum atomic E-state index is 4.01. The van der Waals surface area contributed by atoms with Crippen LogP contribution in [0.4, 0.5) is 0 Å². The van der Waals surface area contributed by atoms with E-state index in [0.717, 1.165) is 17.5 Å². The Morgan fingerprint density at radius 2 is 1.00 bits per heavy atom. The molecule has 0 spiro atoms. The third-order valence-electron chi connectivity index (χ3n) is 0.971. The minimum atomic E-state index is 0.628. The molecule has 67 valence electrons. The van der Waals surface area contributed by atoms with Gasteiger partial charge in [0.1, 0.15) is 17.5 Å². The molecule has 1 aromatic heterocycles. The summed E-state index contributed by atoms with van der Waals surface area (Å²) in [4.78, 5) is 12.0. The third kappa shape index (κ3) is 6.56. The van der Waals surface area contributed by atoms with Crippen LogP contribution < -0.4 is 0 Å². The van der Waals surface area contributed by atoms with Crippen LogP contribution in [-0.2, 0) is 9.47 Å². The van der Waals surface area contributed by atoms with Crippen molar-refractivity contribution in [3.05, 3.63) is 17.5 Å². The Balaban J connectivity index is 0.000000354. The van der Waals surface area contributed by atoms with E-state index in [1.807, 2.05) is 20.8 Å². The van der Waals surface area contributed by atoms with Crippen molar-refractivity contribution in [2.24, 2.45) is 0 Å². The SMILES string of the molecule is Cc1nc(C)nc(C)n1.[I][V][I]. The monoisotopic (exact) mass is 428 g/mol. The Kier molecular flexibility index (Phi) is 8.11. The van der Waals surface area contributed by atoms with Crippen molar-refractivity contribution >= 4 is 40.0 Å². The van der Waals surface area contributed by atoms with Crippen molar-refractivity contribution in [3.8, 4) is 0 Å². The zero-order chi connectivity index (χ0) is 9.56. The van der Waals surface area contributed by atoms with E-state index < -0.39 is 0 Å². The number of rotatable bonds is 0. The Morgan fingerprint density at radius 3 is 1.17 bits per heavy atom. The quantitative estimate of drug-likeness (QED) is 0.597. The van der Waals surface area contributed by atoms with Crippen LogP contribution in [-0.4, -0.2) is 15.0 Å². The second-order valence-corrected chi connectivity index (χ2v) is 13.8. The summed E-state index contributed by atoms with van der Waals surface area (Å²) in [5, 5.41) is 0. The molecule has 12 heavy (non-hydrogen) atoms. The number of nitrogens with zero attached hydrogens (tertiary/aromatic N) is 3. The Labute approximate surface area is 101 Å². The van der Waals surface area contributed by atoms with Crippen molar-refractivity contribution in [2.75, 3.05) is 0 Å². The van der Waals surface area contributed by atoms with E-state index >= 15 is 0 Å². The summed E-state index contributed by atoms with van der Waals surface area (Å²) in [7, 11) is 0.628. The summed E-state index contributed by atoms with van der Waals surface area (Å²) < 4.78 is 0. The molecule has 3 nitrogen and oxygen atoms in total. The standard InChI is InChI=1S/C6H9N3.2HI.V/c1-4-7-5(2)9-6(3)8-4;;;/h1-3H3;2*1H;/q;;;+2/p-2. The molecule has 0 atom stereocenters. The maximum absolute atomic E-state index is 4.01. The van der Waals surface area contributed by atoms with Gasteiger partial charge in [-0.05, 0) is 20.8 Å². The molecule has 0 aliphatic carbocycles. The number of hydrogen-bond donors (Lipinski definition) is 0. The first-order valence-electron chi connectivity index (χ1n) is 3.18. The molecule has 1 aromatic rings. The first-order chi connectivity index (χ1) is 5.60. The van der Waals surface area contributed by atoms with Gasteiger partial charge in [-0.15, -0.1) is 0 Å². The van der Waals surface area contributed by atoms with Crippen molar-refractivity contribution in [2.45, 2.75) is 20.8 Å². The number of aryl methyl sites for hydroxylation is 3. The molecule has 0 aliphatic heterocycles. The summed E-state index contributed by atoms with van der Waals surface area (Å²) in [6.45, 7) is 5.59. The predicted octanol–water partition coefficient (Wildman–Crippen LogP) is 2.57. The van der Waals surface area contributed by atoms with E-state index in [4.69, 9.17) is 0 Å². The van der Waals surface area contributed by atoms with Crippen LogP contribution in [0.25, 0.3) is 0 Å². The molecule has 0 amide bonds. The van der Waals surface area contributed by atoms with Crippen LogP contribution in [0.3, 0.4) is 0 Å². The summed E-state index contributed by atoms with van der Waals surface area (Å²) in [6, 6.07) is 0. The van der Waals surface area contributed by atoms with Crippen LogP contribution in [0.1, 0.15) is 17.5 Å². The van der Waals surface area contributed by atoms with Crippen LogP contribution >= 0.6 is 40.0 Å². The molecule has 0 fully saturated rings. The fraction of sp³-hybridized carbons (Fsp3) is 0.500. The average Bonchev–Trinajstić information content (AvgIpc) is 1.84. The average molecular weight is 428 g/mol. The molecule has 1 rings (SSSR count). The molecular weight excluding hydrogens is 419 g/mol. The Hall–Kier alpha value is 1.05. The summed E-state index contributed by atoms with van der Waals surface area (Å²) in [6.07, 6.45) is 0. The van der Waals surface area contributed by atoms with Gasteiger partial charge in [-0.2, -0.15) is 0 Å². The molecule has 0 saturated heterocycles. The topological polar surface area (TPSA) is 38.7 Å². The second kappa shape index (κ2) is 7.46. The molecule has 0 bridgehead atoms. The summed E-state index contributed by atoms with van der Waals surface area (Å²) in [5.74, 6) is 2.38. The van der Waals surface area contributed by atoms with Crippen LogP contribution in [0.5, 0.6) is 0 Å². The van der Waals surface area contributed by atoms with Gasteiger partial charge in [0.25, 0.3) is 0 Å². The van der Waals surface area contributed by atoms with Gasteiger partial charge in [-0.1, -0.05) is 0 Å². The zero-order valence-electron chi connectivity index (χ0n) is 7.04. The zero-order valence-corrected chi connectivity index (χ0v) is 12.8. The Bertz CT molecular complexity index is 194. The van der Waals surface area contributed by atoms with E-state index in [1.54, 1.807) is 0 Å². The van der Waals surface area contributed by atoms with Gasteiger partial charge in [0, 0.05) is 0 Å². The molecule has 6 heteroatoms. The number of hydrogen-bond acceptors (Lipinski definition) is 3. The predicted molar refractivity (Wildman–Crippen MR) is 62.1 cm³/mol. The molecule has 1 heterocycles. The van der Waals surface area contributed by atoms with E-state index in [-0.39, 0.29) is 0 Å². The summed E-state index contributed by atoms with van der Waals surface area (Å²) in [5.41, 5.74) is 0. The van der Waals surface area contributed by atoms with E-state index in [2.05, 4.69) is 54.9 Å². The van der Waals surface area contributed by atoms with E-state index in [9.17, 15) is 0 Å². The Morgan fingerprint density at radius 1 is 0.833 bits per heavy atom. The molecule has 0 unspecified atom stereocenters. The van der Waals surface area contributed by atoms with Gasteiger partial charge in [-0.25, -0.2) is 15.0 Å². The molecule has 0 aliphatic rings. The second-order valence-electron chi connectivity index (χ2n) is 2.04. The van der Waals surface area contributed by atoms with Crippen molar-refractivity contribution in [3.63, 3.8) is 0 Å². The van der Waals surface area contributed by atoms with E-state index in [0.29, 0.717) is 9.47 Å². The van der Waals surface area contributed by atoms with Gasteiger partial charge < -0.3 is 0 Å². The molecule has 0 aromatic carbocycles. The number of halogens is 2. The summed E-state index contributed by atoms with van der Waals surface area (Å²) >= 11 is 4.74. The van der Waals surface area contributed by atoms with Crippen LogP contribution in [0.15, 0.2) is 0 Å². The van der Waals surface area contributed by atoms with Gasteiger partial charge in [0.05, 0.1) is 0 Å².